The van der Waals surface area contributed by atoms with Crippen LogP contribution < -0.4 is 11.1 Å². The van der Waals surface area contributed by atoms with Crippen LogP contribution in [0.2, 0.25) is 0 Å². The number of carbonyl (C=O) groups excluding carboxylic acids is 1. The lowest BCUT2D eigenvalue weighted by atomic mass is 9.90. The molecule has 0 spiro atoms. The van der Waals surface area contributed by atoms with E-state index in [1.54, 1.807) is 0 Å². The van der Waals surface area contributed by atoms with Crippen LogP contribution >= 0.6 is 12.4 Å². The van der Waals surface area contributed by atoms with E-state index in [1.807, 2.05) is 26.0 Å². The minimum Gasteiger partial charge on any atom is -0.324 e. The number of benzene rings is 1. The van der Waals surface area contributed by atoms with Crippen LogP contribution in [0.1, 0.15) is 37.8 Å². The molecule has 2 rings (SSSR count). The fourth-order valence-corrected chi connectivity index (χ4v) is 2.42. The zero-order valence-corrected chi connectivity index (χ0v) is 12.4. The van der Waals surface area contributed by atoms with E-state index in [9.17, 15) is 4.79 Å². The minimum absolute atomic E-state index is 0. The number of carbonyl (C=O) groups is 1. The molecule has 0 saturated carbocycles. The molecule has 0 unspecified atom stereocenters. The number of hydrogen-bond donors (Lipinski definition) is 2. The van der Waals surface area contributed by atoms with Gasteiger partial charge in [0.2, 0.25) is 5.91 Å². The summed E-state index contributed by atoms with van der Waals surface area (Å²) in [4.78, 5) is 12.0. The second-order valence-corrected chi connectivity index (χ2v) is 5.41. The Bertz CT molecular complexity index is 446. The SMILES string of the molecule is CC(C)[C@@H](N)C(=O)Nc1cccc2c1CCCC2.Cl. The van der Waals surface area contributed by atoms with E-state index in [-0.39, 0.29) is 24.2 Å². The molecule has 4 heteroatoms. The molecule has 1 amide bonds. The lowest BCUT2D eigenvalue weighted by Gasteiger charge is -2.21. The van der Waals surface area contributed by atoms with Crippen LogP contribution in [0.3, 0.4) is 0 Å². The zero-order valence-electron chi connectivity index (χ0n) is 11.6. The maximum absolute atomic E-state index is 12.0. The predicted molar refractivity (Wildman–Crippen MR) is 81.8 cm³/mol. The number of halogens is 1. The van der Waals surface area contributed by atoms with Crippen molar-refractivity contribution in [2.45, 2.75) is 45.6 Å². The molecule has 0 bridgehead atoms. The highest BCUT2D eigenvalue weighted by atomic mass is 35.5. The van der Waals surface area contributed by atoms with Crippen LogP contribution in [0.25, 0.3) is 0 Å². The minimum atomic E-state index is -0.440. The first-order valence-corrected chi connectivity index (χ1v) is 6.77. The van der Waals surface area contributed by atoms with Crippen molar-refractivity contribution in [1.82, 2.24) is 0 Å². The molecule has 1 aromatic rings. The quantitative estimate of drug-likeness (QED) is 0.896. The zero-order chi connectivity index (χ0) is 13.1. The van der Waals surface area contributed by atoms with Crippen molar-refractivity contribution in [1.29, 1.82) is 0 Å². The molecule has 1 aliphatic carbocycles. The molecule has 19 heavy (non-hydrogen) atoms. The molecule has 0 saturated heterocycles. The summed E-state index contributed by atoms with van der Waals surface area (Å²) in [6, 6.07) is 5.71. The van der Waals surface area contributed by atoms with Crippen molar-refractivity contribution in [3.8, 4) is 0 Å². The van der Waals surface area contributed by atoms with Gasteiger partial charge in [0.15, 0.2) is 0 Å². The van der Waals surface area contributed by atoms with Crippen LogP contribution in [0.4, 0.5) is 5.69 Å². The van der Waals surface area contributed by atoms with Gasteiger partial charge >= 0.3 is 0 Å². The number of anilines is 1. The first-order valence-electron chi connectivity index (χ1n) is 6.77. The van der Waals surface area contributed by atoms with Gasteiger partial charge in [0.05, 0.1) is 6.04 Å². The standard InChI is InChI=1S/C15H22N2O.ClH/c1-10(2)14(16)15(18)17-13-9-5-7-11-6-3-4-8-12(11)13;/h5,7,9-10,14H,3-4,6,8,16H2,1-2H3,(H,17,18);1H/t14-;/m1./s1. The van der Waals surface area contributed by atoms with E-state index in [2.05, 4.69) is 11.4 Å². The Morgan fingerprint density at radius 2 is 1.95 bits per heavy atom. The predicted octanol–water partition coefficient (Wildman–Crippen LogP) is 2.91. The largest absolute Gasteiger partial charge is 0.324 e. The van der Waals surface area contributed by atoms with Gasteiger partial charge in [0, 0.05) is 5.69 Å². The Morgan fingerprint density at radius 1 is 1.26 bits per heavy atom. The molecule has 1 atom stereocenters. The van der Waals surface area contributed by atoms with Crippen molar-refractivity contribution in [3.05, 3.63) is 29.3 Å². The topological polar surface area (TPSA) is 55.1 Å². The summed E-state index contributed by atoms with van der Waals surface area (Å²) in [6.07, 6.45) is 4.63. The lowest BCUT2D eigenvalue weighted by molar-refractivity contribution is -0.118. The number of aryl methyl sites for hydroxylation is 1. The molecular weight excluding hydrogens is 260 g/mol. The third-order valence-corrected chi connectivity index (χ3v) is 3.67. The van der Waals surface area contributed by atoms with E-state index < -0.39 is 6.04 Å². The fraction of sp³-hybridized carbons (Fsp3) is 0.533. The number of fused-ring (bicyclic) bond motifs is 1. The van der Waals surface area contributed by atoms with E-state index in [4.69, 9.17) is 5.73 Å². The Hall–Kier alpha value is -1.06. The summed E-state index contributed by atoms with van der Waals surface area (Å²) in [5, 5.41) is 2.99. The molecule has 0 radical (unpaired) electrons. The number of rotatable bonds is 3. The molecule has 3 nitrogen and oxygen atoms in total. The van der Waals surface area contributed by atoms with Crippen LogP contribution in [0, 0.1) is 5.92 Å². The Balaban J connectivity index is 0.00000180. The smallest absolute Gasteiger partial charge is 0.241 e. The van der Waals surface area contributed by atoms with E-state index in [0.717, 1.165) is 18.5 Å². The second kappa shape index (κ2) is 6.92. The van der Waals surface area contributed by atoms with Gasteiger partial charge in [-0.1, -0.05) is 26.0 Å². The highest BCUT2D eigenvalue weighted by Crippen LogP contribution is 2.27. The summed E-state index contributed by atoms with van der Waals surface area (Å²) in [5.74, 6) is 0.0773. The van der Waals surface area contributed by atoms with Gasteiger partial charge < -0.3 is 11.1 Å². The number of nitrogens with two attached hydrogens (primary N) is 1. The van der Waals surface area contributed by atoms with E-state index in [1.165, 1.54) is 24.0 Å². The average molecular weight is 283 g/mol. The molecule has 0 fully saturated rings. The maximum atomic E-state index is 12.0. The van der Waals surface area contributed by atoms with E-state index >= 15 is 0 Å². The van der Waals surface area contributed by atoms with Gasteiger partial charge in [-0.3, -0.25) is 4.79 Å². The first-order chi connectivity index (χ1) is 8.59. The molecule has 3 N–H and O–H groups in total. The van der Waals surface area contributed by atoms with Gasteiger partial charge in [-0.15, -0.1) is 12.4 Å². The number of nitrogens with one attached hydrogen (secondary N) is 1. The highest BCUT2D eigenvalue weighted by molar-refractivity contribution is 5.95. The number of amides is 1. The van der Waals surface area contributed by atoms with Gasteiger partial charge in [-0.05, 0) is 48.8 Å². The molecule has 1 aromatic carbocycles. The normalized spacial score (nSPS) is 15.4. The molecule has 0 aliphatic heterocycles. The van der Waals surface area contributed by atoms with Crippen molar-refractivity contribution >= 4 is 24.0 Å². The van der Waals surface area contributed by atoms with Crippen LogP contribution in [0.15, 0.2) is 18.2 Å². The summed E-state index contributed by atoms with van der Waals surface area (Å²) < 4.78 is 0. The molecule has 1 aliphatic rings. The fourth-order valence-electron chi connectivity index (χ4n) is 2.42. The molecular formula is C15H23ClN2O. The van der Waals surface area contributed by atoms with Gasteiger partial charge in [-0.25, -0.2) is 0 Å². The van der Waals surface area contributed by atoms with Crippen LogP contribution in [-0.2, 0) is 17.6 Å². The summed E-state index contributed by atoms with van der Waals surface area (Å²) in [7, 11) is 0. The van der Waals surface area contributed by atoms with Crippen molar-refractivity contribution < 1.29 is 4.79 Å². The first kappa shape index (κ1) is 16.0. The Labute approximate surface area is 121 Å². The second-order valence-electron chi connectivity index (χ2n) is 5.41. The molecule has 0 heterocycles. The number of hydrogen-bond acceptors (Lipinski definition) is 2. The molecule has 0 aromatic heterocycles. The monoisotopic (exact) mass is 282 g/mol. The van der Waals surface area contributed by atoms with Crippen LogP contribution in [0.5, 0.6) is 0 Å². The van der Waals surface area contributed by atoms with Crippen molar-refractivity contribution in [3.63, 3.8) is 0 Å². The summed E-state index contributed by atoms with van der Waals surface area (Å²) >= 11 is 0. The lowest BCUT2D eigenvalue weighted by Crippen LogP contribution is -2.40. The third kappa shape index (κ3) is 3.71. The summed E-state index contributed by atoms with van der Waals surface area (Å²) in [5.41, 5.74) is 9.50. The van der Waals surface area contributed by atoms with Gasteiger partial charge in [0.1, 0.15) is 0 Å². The average Bonchev–Trinajstić information content (AvgIpc) is 2.38. The van der Waals surface area contributed by atoms with Crippen LogP contribution in [-0.4, -0.2) is 11.9 Å². The highest BCUT2D eigenvalue weighted by Gasteiger charge is 2.19. The van der Waals surface area contributed by atoms with E-state index in [0.29, 0.717) is 0 Å². The Kier molecular flexibility index (Phi) is 5.83. The third-order valence-electron chi connectivity index (χ3n) is 3.67. The molecule has 106 valence electrons. The van der Waals surface area contributed by atoms with Crippen molar-refractivity contribution in [2.24, 2.45) is 11.7 Å². The van der Waals surface area contributed by atoms with Gasteiger partial charge in [0.25, 0.3) is 0 Å². The van der Waals surface area contributed by atoms with Gasteiger partial charge in [-0.2, -0.15) is 0 Å². The Morgan fingerprint density at radius 3 is 2.63 bits per heavy atom. The summed E-state index contributed by atoms with van der Waals surface area (Å²) in [6.45, 7) is 3.93. The van der Waals surface area contributed by atoms with Crippen molar-refractivity contribution in [2.75, 3.05) is 5.32 Å². The maximum Gasteiger partial charge on any atom is 0.241 e.